The Labute approximate surface area is 195 Å². The standard InChI is InChI=1S/C24H25F4N3OS/c1-22(2,25)13-19(21(32)31-23(14-29)11-12-23)30-20(24(26,27)28)17-5-3-15(4-6-17)16-7-9-18(33)10-8-16/h3-10,19-20,30,33H,11-13H2,1-2H3,(H,31,32)/t19-,20-/m0/s1. The van der Waals surface area contributed by atoms with E-state index in [9.17, 15) is 27.6 Å². The highest BCUT2D eigenvalue weighted by atomic mass is 32.1. The van der Waals surface area contributed by atoms with E-state index in [-0.39, 0.29) is 5.56 Å². The number of carbonyl (C=O) groups excluding carboxylic acids is 1. The van der Waals surface area contributed by atoms with Crippen LogP contribution in [0.5, 0.6) is 0 Å². The van der Waals surface area contributed by atoms with Crippen molar-refractivity contribution in [1.82, 2.24) is 10.6 Å². The molecule has 176 valence electrons. The lowest BCUT2D eigenvalue weighted by Gasteiger charge is -2.30. The van der Waals surface area contributed by atoms with Crippen molar-refractivity contribution in [2.24, 2.45) is 0 Å². The minimum atomic E-state index is -4.74. The molecule has 0 unspecified atom stereocenters. The average Bonchev–Trinajstić information content (AvgIpc) is 3.50. The predicted molar refractivity (Wildman–Crippen MR) is 120 cm³/mol. The van der Waals surface area contributed by atoms with Crippen LogP contribution in [0.1, 0.15) is 44.7 Å². The summed E-state index contributed by atoms with van der Waals surface area (Å²) < 4.78 is 56.4. The van der Waals surface area contributed by atoms with Gasteiger partial charge in [-0.15, -0.1) is 12.6 Å². The highest BCUT2D eigenvalue weighted by molar-refractivity contribution is 7.80. The third-order valence-electron chi connectivity index (χ3n) is 5.47. The van der Waals surface area contributed by atoms with Gasteiger partial charge in [0.1, 0.15) is 17.2 Å². The summed E-state index contributed by atoms with van der Waals surface area (Å²) in [5.74, 6) is -0.822. The molecule has 1 aliphatic rings. The van der Waals surface area contributed by atoms with Crippen LogP contribution in [0.3, 0.4) is 0 Å². The van der Waals surface area contributed by atoms with Crippen LogP contribution in [0, 0.1) is 11.3 Å². The summed E-state index contributed by atoms with van der Waals surface area (Å²) in [6.07, 6.45) is -4.39. The monoisotopic (exact) mass is 479 g/mol. The Morgan fingerprint density at radius 1 is 1.06 bits per heavy atom. The van der Waals surface area contributed by atoms with Gasteiger partial charge >= 0.3 is 6.18 Å². The minimum absolute atomic E-state index is 0.104. The van der Waals surface area contributed by atoms with Gasteiger partial charge in [-0.2, -0.15) is 18.4 Å². The van der Waals surface area contributed by atoms with Crippen molar-refractivity contribution in [3.05, 3.63) is 54.1 Å². The second kappa shape index (κ2) is 9.35. The number of alkyl halides is 4. The lowest BCUT2D eigenvalue weighted by molar-refractivity contribution is -0.161. The number of rotatable bonds is 8. The average molecular weight is 480 g/mol. The third-order valence-corrected chi connectivity index (χ3v) is 5.77. The van der Waals surface area contributed by atoms with E-state index in [2.05, 4.69) is 23.3 Å². The van der Waals surface area contributed by atoms with Crippen molar-refractivity contribution in [2.45, 2.75) is 67.5 Å². The number of nitriles is 1. The fourth-order valence-corrected chi connectivity index (χ4v) is 3.68. The molecule has 0 aromatic heterocycles. The zero-order chi connectivity index (χ0) is 24.4. The molecule has 4 nitrogen and oxygen atoms in total. The van der Waals surface area contributed by atoms with Crippen LogP contribution in [0.15, 0.2) is 53.4 Å². The van der Waals surface area contributed by atoms with Crippen LogP contribution >= 0.6 is 12.6 Å². The van der Waals surface area contributed by atoms with Gasteiger partial charge in [-0.25, -0.2) is 4.39 Å². The van der Waals surface area contributed by atoms with E-state index in [4.69, 9.17) is 0 Å². The number of nitrogens with zero attached hydrogens (tertiary/aromatic N) is 1. The Morgan fingerprint density at radius 2 is 1.58 bits per heavy atom. The van der Waals surface area contributed by atoms with Crippen LogP contribution in [-0.4, -0.2) is 29.3 Å². The Bertz CT molecular complexity index is 1020. The van der Waals surface area contributed by atoms with E-state index in [1.807, 2.05) is 18.2 Å². The molecule has 2 aromatic rings. The molecule has 0 radical (unpaired) electrons. The number of benzene rings is 2. The number of amides is 1. The zero-order valence-corrected chi connectivity index (χ0v) is 19.1. The van der Waals surface area contributed by atoms with Gasteiger partial charge in [0.05, 0.1) is 12.1 Å². The van der Waals surface area contributed by atoms with Crippen molar-refractivity contribution in [3.63, 3.8) is 0 Å². The molecule has 0 aliphatic heterocycles. The number of nitrogens with one attached hydrogen (secondary N) is 2. The highest BCUT2D eigenvalue weighted by Crippen LogP contribution is 2.37. The molecule has 2 N–H and O–H groups in total. The highest BCUT2D eigenvalue weighted by Gasteiger charge is 2.48. The summed E-state index contributed by atoms with van der Waals surface area (Å²) in [5.41, 5.74) is -1.55. The first kappa shape index (κ1) is 25.1. The van der Waals surface area contributed by atoms with E-state index in [0.717, 1.165) is 16.0 Å². The van der Waals surface area contributed by atoms with Gasteiger partial charge in [-0.3, -0.25) is 10.1 Å². The summed E-state index contributed by atoms with van der Waals surface area (Å²) in [6.45, 7) is 2.39. The second-order valence-corrected chi connectivity index (χ2v) is 9.49. The lowest BCUT2D eigenvalue weighted by atomic mass is 9.96. The van der Waals surface area contributed by atoms with Gasteiger partial charge < -0.3 is 5.32 Å². The van der Waals surface area contributed by atoms with Gasteiger partial charge in [0, 0.05) is 11.3 Å². The molecule has 9 heteroatoms. The Hall–Kier alpha value is -2.57. The molecule has 0 bridgehead atoms. The number of halogens is 4. The van der Waals surface area contributed by atoms with Gasteiger partial charge in [0.25, 0.3) is 0 Å². The molecule has 0 saturated heterocycles. The smallest absolute Gasteiger partial charge is 0.336 e. The molecule has 2 atom stereocenters. The molecular weight excluding hydrogens is 454 g/mol. The molecule has 0 heterocycles. The number of hydrogen-bond acceptors (Lipinski definition) is 4. The van der Waals surface area contributed by atoms with Gasteiger partial charge in [-0.1, -0.05) is 36.4 Å². The maximum Gasteiger partial charge on any atom is 0.407 e. The Morgan fingerprint density at radius 3 is 2.00 bits per heavy atom. The summed E-state index contributed by atoms with van der Waals surface area (Å²) >= 11 is 4.22. The fourth-order valence-electron chi connectivity index (χ4n) is 3.53. The van der Waals surface area contributed by atoms with Crippen LogP contribution in [-0.2, 0) is 4.79 Å². The molecule has 1 amide bonds. The van der Waals surface area contributed by atoms with E-state index in [0.29, 0.717) is 12.8 Å². The van der Waals surface area contributed by atoms with Crippen molar-refractivity contribution in [1.29, 1.82) is 5.26 Å². The minimum Gasteiger partial charge on any atom is -0.336 e. The molecule has 1 saturated carbocycles. The molecule has 3 rings (SSSR count). The van der Waals surface area contributed by atoms with Crippen molar-refractivity contribution >= 4 is 18.5 Å². The predicted octanol–water partition coefficient (Wildman–Crippen LogP) is 5.51. The topological polar surface area (TPSA) is 64.9 Å². The van der Waals surface area contributed by atoms with Crippen LogP contribution in [0.25, 0.3) is 11.1 Å². The second-order valence-electron chi connectivity index (χ2n) is 8.97. The first-order valence-electron chi connectivity index (χ1n) is 10.5. The summed E-state index contributed by atoms with van der Waals surface area (Å²) in [5, 5.41) is 14.0. The molecule has 0 spiro atoms. The van der Waals surface area contributed by atoms with Crippen molar-refractivity contribution in [3.8, 4) is 17.2 Å². The number of thiol groups is 1. The van der Waals surface area contributed by atoms with Crippen molar-refractivity contribution in [2.75, 3.05) is 0 Å². The Kier molecular flexibility index (Phi) is 7.10. The van der Waals surface area contributed by atoms with Crippen LogP contribution in [0.4, 0.5) is 17.6 Å². The summed E-state index contributed by atoms with van der Waals surface area (Å²) in [7, 11) is 0. The maximum absolute atomic E-state index is 14.4. The van der Waals surface area contributed by atoms with E-state index in [1.165, 1.54) is 26.0 Å². The largest absolute Gasteiger partial charge is 0.407 e. The third kappa shape index (κ3) is 6.71. The number of hydrogen-bond donors (Lipinski definition) is 3. The maximum atomic E-state index is 14.4. The van der Waals surface area contributed by atoms with Gasteiger partial charge in [0.15, 0.2) is 0 Å². The van der Waals surface area contributed by atoms with Crippen LogP contribution < -0.4 is 10.6 Å². The van der Waals surface area contributed by atoms with E-state index in [1.54, 1.807) is 24.3 Å². The normalized spacial score (nSPS) is 17.0. The molecule has 1 fully saturated rings. The molecule has 33 heavy (non-hydrogen) atoms. The lowest BCUT2D eigenvalue weighted by Crippen LogP contribution is -2.53. The Balaban J connectivity index is 1.86. The van der Waals surface area contributed by atoms with Gasteiger partial charge in [0.2, 0.25) is 5.91 Å². The summed E-state index contributed by atoms with van der Waals surface area (Å²) in [6, 6.07) is 11.3. The first-order valence-corrected chi connectivity index (χ1v) is 10.9. The van der Waals surface area contributed by atoms with E-state index < -0.39 is 41.8 Å². The van der Waals surface area contributed by atoms with Gasteiger partial charge in [-0.05, 0) is 55.5 Å². The zero-order valence-electron chi connectivity index (χ0n) is 18.2. The first-order chi connectivity index (χ1) is 15.3. The van der Waals surface area contributed by atoms with Crippen LogP contribution in [0.2, 0.25) is 0 Å². The van der Waals surface area contributed by atoms with E-state index >= 15 is 0 Å². The quantitative estimate of drug-likeness (QED) is 0.345. The van der Waals surface area contributed by atoms with Crippen molar-refractivity contribution < 1.29 is 22.4 Å². The SMILES string of the molecule is CC(C)(F)C[C@H](N[C@@H](c1ccc(-c2ccc(S)cc2)cc1)C(F)(F)F)C(=O)NC1(C#N)CC1. The fraction of sp³-hybridized carbons (Fsp3) is 0.417. The molecule has 2 aromatic carbocycles. The molecular formula is C24H25F4N3OS. The number of carbonyl (C=O) groups is 1. The summed E-state index contributed by atoms with van der Waals surface area (Å²) in [4.78, 5) is 13.5. The molecule has 1 aliphatic carbocycles.